The average Bonchev–Trinajstić information content (AvgIpc) is 3.21. The lowest BCUT2D eigenvalue weighted by Gasteiger charge is -2.16. The van der Waals surface area contributed by atoms with Crippen LogP contribution in [-0.4, -0.2) is 45.4 Å². The molecule has 0 amide bonds. The zero-order valence-electron chi connectivity index (χ0n) is 16.9. The van der Waals surface area contributed by atoms with E-state index in [2.05, 4.69) is 14.9 Å². The first-order valence-electron chi connectivity index (χ1n) is 9.82. The van der Waals surface area contributed by atoms with E-state index in [0.717, 1.165) is 30.1 Å². The van der Waals surface area contributed by atoms with Crippen LogP contribution in [0.5, 0.6) is 0 Å². The quantitative estimate of drug-likeness (QED) is 0.406. The molecule has 2 aromatic heterocycles. The van der Waals surface area contributed by atoms with Crippen molar-refractivity contribution >= 4 is 51.5 Å². The molecule has 0 aliphatic carbocycles. The standard InChI is InChI=1S/C23H16Cl3N5O/c1-30-9-8-27-21(30)13-2-4-14(5-3-13)22-29-20-17(10-16(25)11-18(20)26)23(32)31(22)19-7-6-15(24)12-28-19/h2-7,10-12H,8-9H2,1H3. The molecule has 5 rings (SSSR count). The van der Waals surface area contributed by atoms with Crippen LogP contribution in [0.2, 0.25) is 15.1 Å². The normalized spacial score (nSPS) is 13.6. The van der Waals surface area contributed by atoms with Crippen molar-refractivity contribution in [1.29, 1.82) is 0 Å². The summed E-state index contributed by atoms with van der Waals surface area (Å²) in [6.07, 6.45) is 1.49. The number of amidine groups is 1. The Bertz CT molecular complexity index is 1430. The van der Waals surface area contributed by atoms with Gasteiger partial charge in [-0.15, -0.1) is 0 Å². The summed E-state index contributed by atoms with van der Waals surface area (Å²) in [7, 11) is 2.02. The summed E-state index contributed by atoms with van der Waals surface area (Å²) < 4.78 is 1.44. The van der Waals surface area contributed by atoms with Crippen LogP contribution in [0.1, 0.15) is 5.56 Å². The number of fused-ring (bicyclic) bond motifs is 1. The highest BCUT2D eigenvalue weighted by Gasteiger charge is 2.19. The lowest BCUT2D eigenvalue weighted by Crippen LogP contribution is -2.24. The van der Waals surface area contributed by atoms with Gasteiger partial charge in [-0.1, -0.05) is 59.1 Å². The molecule has 0 fully saturated rings. The predicted molar refractivity (Wildman–Crippen MR) is 130 cm³/mol. The second-order valence-electron chi connectivity index (χ2n) is 7.40. The van der Waals surface area contributed by atoms with Crippen LogP contribution < -0.4 is 5.56 Å². The number of pyridine rings is 1. The average molecular weight is 485 g/mol. The Morgan fingerprint density at radius 3 is 2.34 bits per heavy atom. The van der Waals surface area contributed by atoms with Crippen molar-refractivity contribution < 1.29 is 0 Å². The molecule has 9 heteroatoms. The van der Waals surface area contributed by atoms with E-state index in [0.29, 0.717) is 37.6 Å². The van der Waals surface area contributed by atoms with E-state index in [4.69, 9.17) is 39.8 Å². The molecule has 1 aliphatic heterocycles. The maximum Gasteiger partial charge on any atom is 0.267 e. The molecule has 1 aliphatic rings. The van der Waals surface area contributed by atoms with Gasteiger partial charge in [0.25, 0.3) is 5.56 Å². The first kappa shape index (κ1) is 20.9. The summed E-state index contributed by atoms with van der Waals surface area (Å²) in [5.74, 6) is 1.75. The second kappa shape index (κ2) is 8.20. The first-order chi connectivity index (χ1) is 15.4. The van der Waals surface area contributed by atoms with Gasteiger partial charge in [-0.05, 0) is 24.3 Å². The summed E-state index contributed by atoms with van der Waals surface area (Å²) in [6.45, 7) is 1.68. The van der Waals surface area contributed by atoms with Gasteiger partial charge in [0.15, 0.2) is 0 Å². The number of aliphatic imine (C=N–C) groups is 1. The largest absolute Gasteiger partial charge is 0.358 e. The van der Waals surface area contributed by atoms with E-state index in [1.165, 1.54) is 10.8 Å². The van der Waals surface area contributed by atoms with Crippen molar-refractivity contribution in [3.63, 3.8) is 0 Å². The molecular formula is C23H16Cl3N5O. The van der Waals surface area contributed by atoms with Crippen molar-refractivity contribution in [2.75, 3.05) is 20.1 Å². The number of nitrogens with zero attached hydrogens (tertiary/aromatic N) is 5. The molecule has 0 spiro atoms. The molecule has 32 heavy (non-hydrogen) atoms. The van der Waals surface area contributed by atoms with Gasteiger partial charge in [0.2, 0.25) is 0 Å². The lowest BCUT2D eigenvalue weighted by molar-refractivity contribution is 0.557. The number of benzene rings is 2. The SMILES string of the molecule is CN1CCN=C1c1ccc(-c2nc3c(Cl)cc(Cl)cc3c(=O)n2-c2ccc(Cl)cn2)cc1. The molecule has 0 N–H and O–H groups in total. The number of hydrogen-bond acceptors (Lipinski definition) is 5. The molecule has 4 aromatic rings. The number of rotatable bonds is 3. The van der Waals surface area contributed by atoms with Gasteiger partial charge in [0.1, 0.15) is 17.5 Å². The summed E-state index contributed by atoms with van der Waals surface area (Å²) in [4.78, 5) is 29.3. The van der Waals surface area contributed by atoms with Gasteiger partial charge in [-0.3, -0.25) is 9.79 Å². The maximum absolute atomic E-state index is 13.5. The van der Waals surface area contributed by atoms with Gasteiger partial charge in [0.05, 0.1) is 27.5 Å². The Balaban J connectivity index is 1.75. The minimum Gasteiger partial charge on any atom is -0.358 e. The van der Waals surface area contributed by atoms with Crippen LogP contribution >= 0.6 is 34.8 Å². The minimum atomic E-state index is -0.326. The van der Waals surface area contributed by atoms with Crippen molar-refractivity contribution in [2.45, 2.75) is 0 Å². The van der Waals surface area contributed by atoms with E-state index in [1.54, 1.807) is 24.3 Å². The molecule has 0 atom stereocenters. The van der Waals surface area contributed by atoms with Crippen molar-refractivity contribution in [3.8, 4) is 17.2 Å². The zero-order chi connectivity index (χ0) is 22.4. The monoisotopic (exact) mass is 483 g/mol. The number of likely N-dealkylation sites (N-methyl/N-ethyl adjacent to an activating group) is 1. The third kappa shape index (κ3) is 3.64. The van der Waals surface area contributed by atoms with Gasteiger partial charge in [-0.25, -0.2) is 14.5 Å². The van der Waals surface area contributed by atoms with Gasteiger partial charge < -0.3 is 4.90 Å². The summed E-state index contributed by atoms with van der Waals surface area (Å²) >= 11 is 18.6. The Kier molecular flexibility index (Phi) is 5.37. The van der Waals surface area contributed by atoms with E-state index in [9.17, 15) is 4.79 Å². The van der Waals surface area contributed by atoms with Crippen LogP contribution in [-0.2, 0) is 0 Å². The van der Waals surface area contributed by atoms with E-state index >= 15 is 0 Å². The number of halogens is 3. The minimum absolute atomic E-state index is 0.306. The molecule has 6 nitrogen and oxygen atoms in total. The molecule has 3 heterocycles. The summed E-state index contributed by atoms with van der Waals surface area (Å²) in [6, 6.07) is 14.2. The van der Waals surface area contributed by atoms with Crippen LogP contribution in [0.15, 0.2) is 64.5 Å². The molecule has 160 valence electrons. The van der Waals surface area contributed by atoms with Gasteiger partial charge >= 0.3 is 0 Å². The Labute approximate surface area is 198 Å². The highest BCUT2D eigenvalue weighted by molar-refractivity contribution is 6.38. The molecule has 0 saturated carbocycles. The Morgan fingerprint density at radius 2 is 1.69 bits per heavy atom. The maximum atomic E-state index is 13.5. The lowest BCUT2D eigenvalue weighted by atomic mass is 10.1. The van der Waals surface area contributed by atoms with E-state index in [-0.39, 0.29) is 5.56 Å². The van der Waals surface area contributed by atoms with Crippen LogP contribution in [0.25, 0.3) is 28.1 Å². The van der Waals surface area contributed by atoms with Gasteiger partial charge in [-0.2, -0.15) is 0 Å². The van der Waals surface area contributed by atoms with Crippen LogP contribution in [0.3, 0.4) is 0 Å². The second-order valence-corrected chi connectivity index (χ2v) is 8.68. The Hall–Kier alpha value is -2.93. The predicted octanol–water partition coefficient (Wildman–Crippen LogP) is 5.10. The highest BCUT2D eigenvalue weighted by atomic mass is 35.5. The van der Waals surface area contributed by atoms with Crippen molar-refractivity contribution in [1.82, 2.24) is 19.4 Å². The molecule has 0 unspecified atom stereocenters. The first-order valence-corrected chi connectivity index (χ1v) is 11.0. The zero-order valence-corrected chi connectivity index (χ0v) is 19.2. The topological polar surface area (TPSA) is 63.4 Å². The third-order valence-electron chi connectivity index (χ3n) is 5.29. The molecule has 0 saturated heterocycles. The fraction of sp³-hybridized carbons (Fsp3) is 0.130. The van der Waals surface area contributed by atoms with E-state index in [1.807, 2.05) is 31.3 Å². The van der Waals surface area contributed by atoms with Gasteiger partial charge in [0, 0.05) is 35.9 Å². The van der Waals surface area contributed by atoms with Crippen LogP contribution in [0.4, 0.5) is 0 Å². The number of aromatic nitrogens is 3. The smallest absolute Gasteiger partial charge is 0.267 e. The van der Waals surface area contributed by atoms with E-state index < -0.39 is 0 Å². The fourth-order valence-corrected chi connectivity index (χ4v) is 4.38. The molecule has 2 aromatic carbocycles. The van der Waals surface area contributed by atoms with Crippen molar-refractivity contribution in [2.24, 2.45) is 4.99 Å². The number of hydrogen-bond donors (Lipinski definition) is 0. The fourth-order valence-electron chi connectivity index (χ4n) is 3.73. The molecule has 0 bridgehead atoms. The summed E-state index contributed by atoms with van der Waals surface area (Å²) in [5.41, 5.74) is 1.79. The van der Waals surface area contributed by atoms with Crippen LogP contribution in [0, 0.1) is 0 Å². The summed E-state index contributed by atoms with van der Waals surface area (Å²) in [5, 5.41) is 1.44. The molecular weight excluding hydrogens is 469 g/mol. The Morgan fingerprint density at radius 1 is 0.938 bits per heavy atom. The third-order valence-corrected chi connectivity index (χ3v) is 6.02. The highest BCUT2D eigenvalue weighted by Crippen LogP contribution is 2.29. The van der Waals surface area contributed by atoms with Crippen molar-refractivity contribution in [3.05, 3.63) is 85.7 Å². The molecule has 0 radical (unpaired) electrons.